The van der Waals surface area contributed by atoms with Crippen LogP contribution in [-0.2, 0) is 6.61 Å². The number of benzene rings is 1. The van der Waals surface area contributed by atoms with E-state index in [1.165, 1.54) is 19.3 Å². The first-order chi connectivity index (χ1) is 10.3. The molecule has 1 unspecified atom stereocenters. The molecular weight excluding hydrogens is 280 g/mol. The molecule has 0 spiro atoms. The molecule has 0 saturated carbocycles. The highest BCUT2D eigenvalue weighted by Gasteiger charge is 2.25. The average Bonchev–Trinajstić information content (AvgIpc) is 2.99. The summed E-state index contributed by atoms with van der Waals surface area (Å²) >= 11 is 1.64. The largest absolute Gasteiger partial charge is 0.391 e. The van der Waals surface area contributed by atoms with Crippen molar-refractivity contribution in [2.45, 2.75) is 45.3 Å². The molecule has 1 saturated heterocycles. The fourth-order valence-corrected chi connectivity index (χ4v) is 4.11. The van der Waals surface area contributed by atoms with Crippen molar-refractivity contribution >= 4 is 16.5 Å². The second-order valence-corrected chi connectivity index (χ2v) is 6.61. The quantitative estimate of drug-likeness (QED) is 0.925. The van der Waals surface area contributed by atoms with E-state index in [4.69, 9.17) is 4.98 Å². The smallest absolute Gasteiger partial charge is 0.186 e. The van der Waals surface area contributed by atoms with Gasteiger partial charge in [-0.25, -0.2) is 4.98 Å². The van der Waals surface area contributed by atoms with Crippen LogP contribution in [0.1, 0.15) is 37.5 Å². The Balaban J connectivity index is 1.95. The molecule has 3 nitrogen and oxygen atoms in total. The van der Waals surface area contributed by atoms with E-state index in [9.17, 15) is 5.11 Å². The maximum atomic E-state index is 9.67. The number of nitrogens with zero attached hydrogens (tertiary/aromatic N) is 2. The first kappa shape index (κ1) is 14.5. The first-order valence-corrected chi connectivity index (χ1v) is 8.57. The van der Waals surface area contributed by atoms with Crippen LogP contribution >= 0.6 is 11.3 Å². The first-order valence-electron chi connectivity index (χ1n) is 7.76. The van der Waals surface area contributed by atoms with Gasteiger partial charge in [0.05, 0.1) is 17.2 Å². The number of hydrogen-bond donors (Lipinski definition) is 1. The Bertz CT molecular complexity index is 582. The van der Waals surface area contributed by atoms with E-state index in [1.54, 1.807) is 11.3 Å². The highest BCUT2D eigenvalue weighted by Crippen LogP contribution is 2.36. The standard InChI is InChI=1S/C17H22N2OS/c1-2-14-10-6-7-11-19(14)17-18-16(15(12-20)21-17)13-8-4-3-5-9-13/h3-5,8-9,14,20H,2,6-7,10-12H2,1H3. The summed E-state index contributed by atoms with van der Waals surface area (Å²) in [5.74, 6) is 0. The number of aliphatic hydroxyl groups excluding tert-OH is 1. The summed E-state index contributed by atoms with van der Waals surface area (Å²) in [6, 6.07) is 10.8. The molecule has 2 heterocycles. The predicted molar refractivity (Wildman–Crippen MR) is 88.7 cm³/mol. The summed E-state index contributed by atoms with van der Waals surface area (Å²) in [5, 5.41) is 10.7. The third kappa shape index (κ3) is 2.97. The molecule has 1 aliphatic heterocycles. The van der Waals surface area contributed by atoms with Crippen LogP contribution < -0.4 is 4.90 Å². The van der Waals surface area contributed by atoms with Gasteiger partial charge < -0.3 is 10.0 Å². The summed E-state index contributed by atoms with van der Waals surface area (Å²) in [5.41, 5.74) is 2.03. The molecule has 1 aliphatic rings. The Morgan fingerprint density at radius 1 is 1.29 bits per heavy atom. The predicted octanol–water partition coefficient (Wildman–Crippen LogP) is 4.07. The van der Waals surface area contributed by atoms with Gasteiger partial charge in [-0.1, -0.05) is 48.6 Å². The van der Waals surface area contributed by atoms with Crippen molar-refractivity contribution in [1.82, 2.24) is 4.98 Å². The van der Waals surface area contributed by atoms with Crippen LogP contribution in [-0.4, -0.2) is 22.7 Å². The maximum absolute atomic E-state index is 9.67. The van der Waals surface area contributed by atoms with Crippen molar-refractivity contribution in [2.24, 2.45) is 0 Å². The Labute approximate surface area is 130 Å². The number of piperidine rings is 1. The summed E-state index contributed by atoms with van der Waals surface area (Å²) < 4.78 is 0. The van der Waals surface area contributed by atoms with E-state index in [0.29, 0.717) is 6.04 Å². The summed E-state index contributed by atoms with van der Waals surface area (Å²) in [6.07, 6.45) is 4.98. The monoisotopic (exact) mass is 302 g/mol. The number of thiazole rings is 1. The second kappa shape index (κ2) is 6.58. The van der Waals surface area contributed by atoms with E-state index in [1.807, 2.05) is 18.2 Å². The SMILES string of the molecule is CCC1CCCCN1c1nc(-c2ccccc2)c(CO)s1. The molecule has 0 aliphatic carbocycles. The molecule has 0 amide bonds. The van der Waals surface area contributed by atoms with Gasteiger partial charge in [-0.05, 0) is 25.7 Å². The van der Waals surface area contributed by atoms with Gasteiger partial charge in [0, 0.05) is 18.2 Å². The number of aliphatic hydroxyl groups is 1. The van der Waals surface area contributed by atoms with Crippen LogP contribution in [0.2, 0.25) is 0 Å². The van der Waals surface area contributed by atoms with Gasteiger partial charge in [0.1, 0.15) is 0 Å². The molecule has 3 rings (SSSR count). The lowest BCUT2D eigenvalue weighted by Gasteiger charge is -2.35. The molecule has 1 aromatic carbocycles. The van der Waals surface area contributed by atoms with Crippen molar-refractivity contribution in [3.8, 4) is 11.3 Å². The minimum Gasteiger partial charge on any atom is -0.391 e. The number of aromatic nitrogens is 1. The molecule has 0 radical (unpaired) electrons. The zero-order chi connectivity index (χ0) is 14.7. The Morgan fingerprint density at radius 3 is 2.81 bits per heavy atom. The van der Waals surface area contributed by atoms with Crippen molar-refractivity contribution < 1.29 is 5.11 Å². The molecule has 2 aromatic rings. The van der Waals surface area contributed by atoms with Crippen LogP contribution in [0.25, 0.3) is 11.3 Å². The summed E-state index contributed by atoms with van der Waals surface area (Å²) in [7, 11) is 0. The fourth-order valence-electron chi connectivity index (χ4n) is 3.07. The van der Waals surface area contributed by atoms with Crippen LogP contribution in [0.3, 0.4) is 0 Å². The minimum absolute atomic E-state index is 0.0620. The highest BCUT2D eigenvalue weighted by molar-refractivity contribution is 7.16. The molecule has 1 N–H and O–H groups in total. The van der Waals surface area contributed by atoms with Gasteiger partial charge in [0.2, 0.25) is 0 Å². The summed E-state index contributed by atoms with van der Waals surface area (Å²) in [4.78, 5) is 8.27. The molecule has 112 valence electrons. The van der Waals surface area contributed by atoms with Crippen molar-refractivity contribution in [3.05, 3.63) is 35.2 Å². The van der Waals surface area contributed by atoms with Crippen LogP contribution in [0.15, 0.2) is 30.3 Å². The number of hydrogen-bond acceptors (Lipinski definition) is 4. The molecule has 1 aromatic heterocycles. The molecule has 0 bridgehead atoms. The zero-order valence-electron chi connectivity index (χ0n) is 12.5. The topological polar surface area (TPSA) is 36.4 Å². The maximum Gasteiger partial charge on any atom is 0.186 e. The van der Waals surface area contributed by atoms with E-state index in [-0.39, 0.29) is 6.61 Å². The van der Waals surface area contributed by atoms with Crippen molar-refractivity contribution in [2.75, 3.05) is 11.4 Å². The van der Waals surface area contributed by atoms with Crippen molar-refractivity contribution in [1.29, 1.82) is 0 Å². The van der Waals surface area contributed by atoms with Crippen LogP contribution in [0.4, 0.5) is 5.13 Å². The fraction of sp³-hybridized carbons (Fsp3) is 0.471. The lowest BCUT2D eigenvalue weighted by molar-refractivity contribution is 0.286. The van der Waals surface area contributed by atoms with Crippen LogP contribution in [0.5, 0.6) is 0 Å². The Morgan fingerprint density at radius 2 is 2.10 bits per heavy atom. The van der Waals surface area contributed by atoms with Crippen molar-refractivity contribution in [3.63, 3.8) is 0 Å². The van der Waals surface area contributed by atoms with E-state index in [2.05, 4.69) is 24.0 Å². The second-order valence-electron chi connectivity index (χ2n) is 5.54. The van der Waals surface area contributed by atoms with Gasteiger partial charge >= 0.3 is 0 Å². The zero-order valence-corrected chi connectivity index (χ0v) is 13.3. The van der Waals surface area contributed by atoms with Crippen LogP contribution in [0, 0.1) is 0 Å². The normalized spacial score (nSPS) is 19.0. The molecule has 1 fully saturated rings. The third-order valence-electron chi connectivity index (χ3n) is 4.22. The van der Waals surface area contributed by atoms with Gasteiger partial charge in [0.25, 0.3) is 0 Å². The van der Waals surface area contributed by atoms with Gasteiger partial charge in [-0.15, -0.1) is 0 Å². The summed E-state index contributed by atoms with van der Waals surface area (Å²) in [6.45, 7) is 3.40. The lowest BCUT2D eigenvalue weighted by Crippen LogP contribution is -2.39. The lowest BCUT2D eigenvalue weighted by atomic mass is 10.0. The van der Waals surface area contributed by atoms with E-state index >= 15 is 0 Å². The Kier molecular flexibility index (Phi) is 4.56. The molecule has 1 atom stereocenters. The average molecular weight is 302 g/mol. The highest BCUT2D eigenvalue weighted by atomic mass is 32.1. The van der Waals surface area contributed by atoms with E-state index in [0.717, 1.165) is 34.2 Å². The molecule has 21 heavy (non-hydrogen) atoms. The van der Waals surface area contributed by atoms with Gasteiger partial charge in [-0.2, -0.15) is 0 Å². The Hall–Kier alpha value is -1.39. The minimum atomic E-state index is 0.0620. The third-order valence-corrected chi connectivity index (χ3v) is 5.30. The number of rotatable bonds is 4. The van der Waals surface area contributed by atoms with Gasteiger partial charge in [-0.3, -0.25) is 0 Å². The van der Waals surface area contributed by atoms with Gasteiger partial charge in [0.15, 0.2) is 5.13 Å². The molecular formula is C17H22N2OS. The van der Waals surface area contributed by atoms with E-state index < -0.39 is 0 Å². The number of anilines is 1. The molecule has 4 heteroatoms.